The number of nitrogens with zero attached hydrogens (tertiary/aromatic N) is 1. The Balaban J connectivity index is 2.86. The lowest BCUT2D eigenvalue weighted by Crippen LogP contribution is -2.12. The molecule has 0 saturated heterocycles. The molecule has 1 aromatic rings. The average molecular weight is 173 g/mol. The first-order valence-corrected chi connectivity index (χ1v) is 3.58. The second-order valence-electron chi connectivity index (χ2n) is 2.02. The summed E-state index contributed by atoms with van der Waals surface area (Å²) in [6.07, 6.45) is 0. The Morgan fingerprint density at radius 3 is 2.82 bits per heavy atom. The predicted octanol–water partition coefficient (Wildman–Crippen LogP) is 1.56. The molecule has 0 aliphatic rings. The minimum atomic E-state index is 0.523. The van der Waals surface area contributed by atoms with Crippen molar-refractivity contribution in [3.63, 3.8) is 0 Å². The molecule has 0 amide bonds. The van der Waals surface area contributed by atoms with E-state index in [1.54, 1.807) is 19.2 Å². The largest absolute Gasteiger partial charge is 0.389 e. The highest BCUT2D eigenvalue weighted by Gasteiger charge is 1.98. The van der Waals surface area contributed by atoms with Crippen LogP contribution in [-0.4, -0.2) is 12.0 Å². The van der Waals surface area contributed by atoms with Crippen molar-refractivity contribution < 1.29 is 4.84 Å². The molecule has 0 aromatic carbocycles. The maximum absolute atomic E-state index is 5.74. The second kappa shape index (κ2) is 3.55. The molecule has 0 saturated carbocycles. The molecule has 1 rings (SSSR count). The Morgan fingerprint density at radius 2 is 2.27 bits per heavy atom. The summed E-state index contributed by atoms with van der Waals surface area (Å²) >= 11 is 5.74. The van der Waals surface area contributed by atoms with Crippen molar-refractivity contribution in [1.82, 2.24) is 10.5 Å². The number of hydroxylamine groups is 1. The van der Waals surface area contributed by atoms with Gasteiger partial charge in [0.25, 0.3) is 0 Å². The molecule has 4 heteroatoms. The van der Waals surface area contributed by atoms with Crippen LogP contribution in [0.1, 0.15) is 5.69 Å². The first-order valence-electron chi connectivity index (χ1n) is 3.21. The van der Waals surface area contributed by atoms with E-state index in [1.165, 1.54) is 0 Å². The van der Waals surface area contributed by atoms with Crippen molar-refractivity contribution >= 4 is 11.6 Å². The third-order valence-electron chi connectivity index (χ3n) is 1.20. The molecule has 0 spiro atoms. The molecule has 3 nitrogen and oxygen atoms in total. The monoisotopic (exact) mass is 172 g/mol. The van der Waals surface area contributed by atoms with Gasteiger partial charge in [0, 0.05) is 13.1 Å². The van der Waals surface area contributed by atoms with Gasteiger partial charge >= 0.3 is 0 Å². The zero-order valence-electron chi connectivity index (χ0n) is 6.39. The topological polar surface area (TPSA) is 34.1 Å². The molecule has 1 heterocycles. The molecule has 0 aliphatic carbocycles. The standard InChI is InChI=1S/C7H9ClN2O/c1-5-6(8)3-4-7(10-5)11-9-2/h3-4,9H,1-2H3. The van der Waals surface area contributed by atoms with Gasteiger partial charge in [0.15, 0.2) is 0 Å². The molecular formula is C7H9ClN2O. The Bertz CT molecular complexity index is 252. The molecule has 0 aliphatic heterocycles. The van der Waals surface area contributed by atoms with Crippen molar-refractivity contribution in [2.24, 2.45) is 0 Å². The maximum Gasteiger partial charge on any atom is 0.238 e. The fourth-order valence-corrected chi connectivity index (χ4v) is 0.788. The molecule has 0 radical (unpaired) electrons. The van der Waals surface area contributed by atoms with Crippen LogP contribution in [0.4, 0.5) is 0 Å². The molecule has 0 bridgehead atoms. The number of hydrogen-bond donors (Lipinski definition) is 1. The van der Waals surface area contributed by atoms with Crippen LogP contribution >= 0.6 is 11.6 Å². The maximum atomic E-state index is 5.74. The summed E-state index contributed by atoms with van der Waals surface area (Å²) in [6.45, 7) is 1.82. The molecule has 1 aromatic heterocycles. The molecule has 11 heavy (non-hydrogen) atoms. The Morgan fingerprint density at radius 1 is 1.55 bits per heavy atom. The van der Waals surface area contributed by atoms with Crippen LogP contribution in [0.15, 0.2) is 12.1 Å². The van der Waals surface area contributed by atoms with Crippen LogP contribution in [0.2, 0.25) is 5.02 Å². The van der Waals surface area contributed by atoms with Crippen molar-refractivity contribution in [2.75, 3.05) is 7.05 Å². The van der Waals surface area contributed by atoms with E-state index in [9.17, 15) is 0 Å². The Hall–Kier alpha value is -0.800. The van der Waals surface area contributed by atoms with Crippen LogP contribution in [-0.2, 0) is 0 Å². The number of halogens is 1. The van der Waals surface area contributed by atoms with Gasteiger partial charge in [0.2, 0.25) is 5.88 Å². The van der Waals surface area contributed by atoms with Crippen LogP contribution in [0.5, 0.6) is 5.88 Å². The lowest BCUT2D eigenvalue weighted by molar-refractivity contribution is 0.213. The van der Waals surface area contributed by atoms with E-state index >= 15 is 0 Å². The van der Waals surface area contributed by atoms with E-state index in [0.717, 1.165) is 5.69 Å². The van der Waals surface area contributed by atoms with Gasteiger partial charge in [-0.15, -0.1) is 0 Å². The van der Waals surface area contributed by atoms with E-state index in [0.29, 0.717) is 10.9 Å². The molecule has 60 valence electrons. The van der Waals surface area contributed by atoms with Crippen LogP contribution in [0, 0.1) is 6.92 Å². The summed E-state index contributed by atoms with van der Waals surface area (Å²) in [5, 5.41) is 0.647. The van der Waals surface area contributed by atoms with E-state index in [-0.39, 0.29) is 0 Å². The summed E-state index contributed by atoms with van der Waals surface area (Å²) in [5.41, 5.74) is 3.29. The third kappa shape index (κ3) is 2.06. The highest BCUT2D eigenvalue weighted by molar-refractivity contribution is 6.31. The second-order valence-corrected chi connectivity index (χ2v) is 2.43. The highest BCUT2D eigenvalue weighted by Crippen LogP contribution is 2.15. The average Bonchev–Trinajstić information content (AvgIpc) is 1.98. The van der Waals surface area contributed by atoms with Crippen molar-refractivity contribution in [3.05, 3.63) is 22.8 Å². The van der Waals surface area contributed by atoms with E-state index in [4.69, 9.17) is 16.4 Å². The number of aromatic nitrogens is 1. The normalized spacial score (nSPS) is 9.73. The number of rotatable bonds is 2. The predicted molar refractivity (Wildman–Crippen MR) is 43.7 cm³/mol. The van der Waals surface area contributed by atoms with Crippen molar-refractivity contribution in [2.45, 2.75) is 6.92 Å². The van der Waals surface area contributed by atoms with E-state index < -0.39 is 0 Å². The first kappa shape index (κ1) is 8.30. The summed E-state index contributed by atoms with van der Waals surface area (Å²) in [7, 11) is 1.67. The number of aryl methyl sites for hydroxylation is 1. The van der Waals surface area contributed by atoms with Crippen LogP contribution in [0.3, 0.4) is 0 Å². The lowest BCUT2D eigenvalue weighted by atomic mass is 10.4. The molecule has 0 atom stereocenters. The fourth-order valence-electron chi connectivity index (χ4n) is 0.682. The lowest BCUT2D eigenvalue weighted by Gasteiger charge is -2.02. The zero-order valence-corrected chi connectivity index (χ0v) is 7.14. The SMILES string of the molecule is CNOc1ccc(Cl)c(C)n1. The minimum absolute atomic E-state index is 0.523. The van der Waals surface area contributed by atoms with Gasteiger partial charge < -0.3 is 4.84 Å². The van der Waals surface area contributed by atoms with E-state index in [2.05, 4.69) is 10.5 Å². The molecule has 0 unspecified atom stereocenters. The number of nitrogens with one attached hydrogen (secondary N) is 1. The van der Waals surface area contributed by atoms with Gasteiger partial charge in [-0.25, -0.2) is 4.98 Å². The molecular weight excluding hydrogens is 164 g/mol. The van der Waals surface area contributed by atoms with Gasteiger partial charge in [-0.05, 0) is 13.0 Å². The van der Waals surface area contributed by atoms with Gasteiger partial charge in [-0.2, -0.15) is 5.48 Å². The fraction of sp³-hybridized carbons (Fsp3) is 0.286. The van der Waals surface area contributed by atoms with E-state index in [1.807, 2.05) is 6.92 Å². The van der Waals surface area contributed by atoms with Crippen molar-refractivity contribution in [3.8, 4) is 5.88 Å². The third-order valence-corrected chi connectivity index (χ3v) is 1.60. The van der Waals surface area contributed by atoms with Crippen LogP contribution < -0.4 is 10.3 Å². The highest BCUT2D eigenvalue weighted by atomic mass is 35.5. The Kier molecular flexibility index (Phi) is 2.68. The first-order chi connectivity index (χ1) is 5.24. The summed E-state index contributed by atoms with van der Waals surface area (Å²) in [4.78, 5) is 8.97. The molecule has 1 N–H and O–H groups in total. The smallest absolute Gasteiger partial charge is 0.238 e. The quantitative estimate of drug-likeness (QED) is 0.688. The molecule has 0 fully saturated rings. The number of pyridine rings is 1. The van der Waals surface area contributed by atoms with Crippen molar-refractivity contribution in [1.29, 1.82) is 0 Å². The summed E-state index contributed by atoms with van der Waals surface area (Å²) in [5.74, 6) is 0.523. The number of hydrogen-bond acceptors (Lipinski definition) is 3. The summed E-state index contributed by atoms with van der Waals surface area (Å²) in [6, 6.07) is 3.45. The van der Waals surface area contributed by atoms with Gasteiger partial charge in [-0.3, -0.25) is 0 Å². The van der Waals surface area contributed by atoms with Crippen LogP contribution in [0.25, 0.3) is 0 Å². The van der Waals surface area contributed by atoms with Gasteiger partial charge in [0.05, 0.1) is 10.7 Å². The Labute approximate surface area is 70.3 Å². The minimum Gasteiger partial charge on any atom is -0.389 e. The summed E-state index contributed by atoms with van der Waals surface area (Å²) < 4.78 is 0. The van der Waals surface area contributed by atoms with Gasteiger partial charge in [-0.1, -0.05) is 11.6 Å². The van der Waals surface area contributed by atoms with Gasteiger partial charge in [0.1, 0.15) is 0 Å². The zero-order chi connectivity index (χ0) is 8.27.